The lowest BCUT2D eigenvalue weighted by atomic mass is 10.1. The van der Waals surface area contributed by atoms with E-state index in [0.717, 1.165) is 24.3 Å². The number of nitrogens with one attached hydrogen (secondary N) is 1. The van der Waals surface area contributed by atoms with Crippen LogP contribution >= 0.6 is 0 Å². The summed E-state index contributed by atoms with van der Waals surface area (Å²) >= 11 is 0. The van der Waals surface area contributed by atoms with Gasteiger partial charge in [-0.05, 0) is 48.5 Å². The first-order chi connectivity index (χ1) is 17.0. The molecule has 0 atom stereocenters. The summed E-state index contributed by atoms with van der Waals surface area (Å²) in [6.07, 6.45) is -9.16. The van der Waals surface area contributed by atoms with Crippen molar-refractivity contribution >= 4 is 22.4 Å². The number of nitrogens with zero attached hydrogens (tertiary/aromatic N) is 3. The molecule has 0 aliphatic carbocycles. The van der Waals surface area contributed by atoms with E-state index in [0.29, 0.717) is 22.5 Å². The van der Waals surface area contributed by atoms with E-state index in [1.54, 1.807) is 6.07 Å². The number of benzene rings is 1. The van der Waals surface area contributed by atoms with Crippen molar-refractivity contribution in [3.63, 3.8) is 0 Å². The number of halogens is 6. The predicted octanol–water partition coefficient (Wildman–Crippen LogP) is 6.63. The van der Waals surface area contributed by atoms with E-state index in [-0.39, 0.29) is 23.8 Å². The van der Waals surface area contributed by atoms with Crippen LogP contribution in [0.1, 0.15) is 16.8 Å². The highest BCUT2D eigenvalue weighted by Gasteiger charge is 2.35. The maximum atomic E-state index is 13.6. The molecule has 0 saturated carbocycles. The normalized spacial score (nSPS) is 12.1. The second-order valence-electron chi connectivity index (χ2n) is 7.61. The minimum absolute atomic E-state index is 0.0225. The van der Waals surface area contributed by atoms with Gasteiger partial charge in [-0.25, -0.2) is 15.0 Å². The Morgan fingerprint density at radius 1 is 0.806 bits per heavy atom. The summed E-state index contributed by atoms with van der Waals surface area (Å²) in [7, 11) is 2.72. The van der Waals surface area contributed by atoms with Crippen LogP contribution in [0.25, 0.3) is 22.4 Å². The number of ether oxygens (including phenoxy) is 2. The fourth-order valence-electron chi connectivity index (χ4n) is 3.49. The SMILES string of the molecule is COCc1cc(Nc2ccc(C(F)(F)F)cc2)c2ccc(-c3nc(OC)ccc3C(F)(F)F)nc2n1. The first-order valence-electron chi connectivity index (χ1n) is 10.4. The monoisotopic (exact) mass is 508 g/mol. The van der Waals surface area contributed by atoms with E-state index < -0.39 is 29.2 Å². The Bertz CT molecular complexity index is 1390. The molecule has 0 fully saturated rings. The molecular formula is C24H18F6N4O2. The van der Waals surface area contributed by atoms with Crippen LogP contribution in [0, 0.1) is 0 Å². The molecule has 0 radical (unpaired) electrons. The summed E-state index contributed by atoms with van der Waals surface area (Å²) in [5, 5.41) is 3.44. The fourth-order valence-corrected chi connectivity index (χ4v) is 3.49. The van der Waals surface area contributed by atoms with E-state index >= 15 is 0 Å². The Kier molecular flexibility index (Phi) is 6.72. The second kappa shape index (κ2) is 9.61. The molecule has 3 heterocycles. The van der Waals surface area contributed by atoms with Crippen LogP contribution in [0.3, 0.4) is 0 Å². The highest BCUT2D eigenvalue weighted by atomic mass is 19.4. The highest BCUT2D eigenvalue weighted by molar-refractivity contribution is 5.92. The van der Waals surface area contributed by atoms with Crippen molar-refractivity contribution < 1.29 is 35.8 Å². The first kappa shape index (κ1) is 25.2. The largest absolute Gasteiger partial charge is 0.481 e. The van der Waals surface area contributed by atoms with E-state index in [9.17, 15) is 26.3 Å². The molecule has 3 aromatic heterocycles. The van der Waals surface area contributed by atoms with Crippen LogP contribution in [-0.4, -0.2) is 29.2 Å². The van der Waals surface area contributed by atoms with Gasteiger partial charge in [0.15, 0.2) is 5.65 Å². The number of alkyl halides is 6. The fraction of sp³-hybridized carbons (Fsp3) is 0.208. The summed E-state index contributed by atoms with van der Waals surface area (Å²) in [5.41, 5.74) is -1.03. The lowest BCUT2D eigenvalue weighted by Crippen LogP contribution is -2.10. The van der Waals surface area contributed by atoms with Crippen molar-refractivity contribution in [1.29, 1.82) is 0 Å². The molecule has 0 aliphatic heterocycles. The van der Waals surface area contributed by atoms with Crippen LogP contribution in [0.5, 0.6) is 5.88 Å². The first-order valence-corrected chi connectivity index (χ1v) is 10.4. The van der Waals surface area contributed by atoms with Crippen LogP contribution in [-0.2, 0) is 23.7 Å². The van der Waals surface area contributed by atoms with Crippen molar-refractivity contribution in [2.24, 2.45) is 0 Å². The maximum absolute atomic E-state index is 13.6. The number of pyridine rings is 3. The topological polar surface area (TPSA) is 69.2 Å². The van der Waals surface area contributed by atoms with Crippen LogP contribution in [0.4, 0.5) is 37.7 Å². The molecule has 4 rings (SSSR count). The van der Waals surface area contributed by atoms with Crippen LogP contribution < -0.4 is 10.1 Å². The molecule has 6 nitrogen and oxygen atoms in total. The summed E-state index contributed by atoms with van der Waals surface area (Å²) < 4.78 is 89.7. The predicted molar refractivity (Wildman–Crippen MR) is 120 cm³/mol. The van der Waals surface area contributed by atoms with Gasteiger partial charge in [0.1, 0.15) is 5.69 Å². The Hall–Kier alpha value is -3.93. The molecule has 0 saturated heterocycles. The van der Waals surface area contributed by atoms with Crippen LogP contribution in [0.2, 0.25) is 0 Å². The minimum Gasteiger partial charge on any atom is -0.481 e. The molecule has 0 bridgehead atoms. The van der Waals surface area contributed by atoms with Gasteiger partial charge in [0, 0.05) is 24.2 Å². The number of methoxy groups -OCH3 is 2. The average Bonchev–Trinajstić information content (AvgIpc) is 2.82. The Morgan fingerprint density at radius 2 is 1.53 bits per heavy atom. The Morgan fingerprint density at radius 3 is 2.14 bits per heavy atom. The third-order valence-electron chi connectivity index (χ3n) is 5.14. The Balaban J connectivity index is 1.81. The molecule has 1 N–H and O–H groups in total. The van der Waals surface area contributed by atoms with Crippen molar-refractivity contribution in [2.75, 3.05) is 19.5 Å². The van der Waals surface area contributed by atoms with Gasteiger partial charge in [-0.1, -0.05) is 0 Å². The third kappa shape index (κ3) is 5.33. The summed E-state index contributed by atoms with van der Waals surface area (Å²) in [4.78, 5) is 12.6. The van der Waals surface area contributed by atoms with Gasteiger partial charge in [0.2, 0.25) is 5.88 Å². The zero-order chi connectivity index (χ0) is 26.1. The quantitative estimate of drug-likeness (QED) is 0.295. The van der Waals surface area contributed by atoms with Gasteiger partial charge in [0.05, 0.1) is 41.9 Å². The lowest BCUT2D eigenvalue weighted by Gasteiger charge is -2.15. The molecular weight excluding hydrogens is 490 g/mol. The third-order valence-corrected chi connectivity index (χ3v) is 5.14. The van der Waals surface area contributed by atoms with Gasteiger partial charge in [-0.15, -0.1) is 0 Å². The zero-order valence-electron chi connectivity index (χ0n) is 18.8. The summed E-state index contributed by atoms with van der Waals surface area (Å²) in [6.45, 7) is 0.0642. The number of hydrogen-bond acceptors (Lipinski definition) is 6. The molecule has 188 valence electrons. The van der Waals surface area contributed by atoms with Crippen LogP contribution in [0.15, 0.2) is 54.6 Å². The standard InChI is InChI=1S/C24H18F6N4O2/c1-35-12-15-11-19(31-14-5-3-13(4-6-14)23(25,26)27)16-7-9-18(33-22(16)32-15)21-17(24(28,29)30)8-10-20(34-21)36-2/h3-11H,12H2,1-2H3,(H,31,32,33). The molecule has 0 aliphatic rings. The number of anilines is 2. The minimum atomic E-state index is -4.69. The molecule has 0 amide bonds. The Labute approximate surface area is 200 Å². The summed E-state index contributed by atoms with van der Waals surface area (Å²) in [5.74, 6) is -0.0225. The van der Waals surface area contributed by atoms with E-state index in [4.69, 9.17) is 9.47 Å². The van der Waals surface area contributed by atoms with Crippen molar-refractivity contribution in [2.45, 2.75) is 19.0 Å². The molecule has 36 heavy (non-hydrogen) atoms. The molecule has 0 unspecified atom stereocenters. The smallest absolute Gasteiger partial charge is 0.418 e. The van der Waals surface area contributed by atoms with E-state index in [1.807, 2.05) is 0 Å². The molecule has 1 aromatic carbocycles. The maximum Gasteiger partial charge on any atom is 0.418 e. The van der Waals surface area contributed by atoms with Gasteiger partial charge >= 0.3 is 12.4 Å². The van der Waals surface area contributed by atoms with Crippen molar-refractivity contribution in [3.8, 4) is 17.3 Å². The number of aromatic nitrogens is 3. The van der Waals surface area contributed by atoms with E-state index in [1.165, 1.54) is 38.5 Å². The van der Waals surface area contributed by atoms with Gasteiger partial charge in [0.25, 0.3) is 0 Å². The molecule has 12 heteroatoms. The number of hydrogen-bond donors (Lipinski definition) is 1. The lowest BCUT2D eigenvalue weighted by molar-refractivity contribution is -0.138. The zero-order valence-corrected chi connectivity index (χ0v) is 18.8. The molecule has 0 spiro atoms. The van der Waals surface area contributed by atoms with Gasteiger partial charge < -0.3 is 14.8 Å². The number of rotatable bonds is 6. The number of fused-ring (bicyclic) bond motifs is 1. The second-order valence-corrected chi connectivity index (χ2v) is 7.61. The van der Waals surface area contributed by atoms with Crippen molar-refractivity contribution in [1.82, 2.24) is 15.0 Å². The molecule has 4 aromatic rings. The van der Waals surface area contributed by atoms with Crippen molar-refractivity contribution in [3.05, 3.63) is 71.4 Å². The van der Waals surface area contributed by atoms with Gasteiger partial charge in [-0.2, -0.15) is 26.3 Å². The van der Waals surface area contributed by atoms with E-state index in [2.05, 4.69) is 20.3 Å². The highest BCUT2D eigenvalue weighted by Crippen LogP contribution is 2.38. The van der Waals surface area contributed by atoms with Gasteiger partial charge in [-0.3, -0.25) is 0 Å². The average molecular weight is 508 g/mol. The summed E-state index contributed by atoms with van der Waals surface area (Å²) in [6, 6.07) is 10.9.